The lowest BCUT2D eigenvalue weighted by Gasteiger charge is -2.05. The van der Waals surface area contributed by atoms with Crippen molar-refractivity contribution in [2.24, 2.45) is 0 Å². The van der Waals surface area contributed by atoms with Crippen molar-refractivity contribution in [1.82, 2.24) is 4.98 Å². The normalized spacial score (nSPS) is 12.1. The molecule has 0 bridgehead atoms. The van der Waals surface area contributed by atoms with Gasteiger partial charge in [-0.1, -0.05) is 48.5 Å². The second-order valence-corrected chi connectivity index (χ2v) is 7.46. The van der Waals surface area contributed by atoms with Gasteiger partial charge in [-0.05, 0) is 46.5 Å². The molecule has 7 rings (SSSR count). The van der Waals surface area contributed by atoms with E-state index in [1.165, 1.54) is 16.2 Å². The Morgan fingerprint density at radius 2 is 1.38 bits per heavy atom. The molecule has 0 aliphatic heterocycles. The van der Waals surface area contributed by atoms with E-state index < -0.39 is 0 Å². The first kappa shape index (κ1) is 15.0. The van der Waals surface area contributed by atoms with Crippen LogP contribution in [0.25, 0.3) is 65.8 Å². The van der Waals surface area contributed by atoms with Crippen LogP contribution in [0.1, 0.15) is 0 Å². The summed E-state index contributed by atoms with van der Waals surface area (Å²) in [6, 6.07) is 27.2. The van der Waals surface area contributed by atoms with Crippen LogP contribution in [0.15, 0.2) is 94.0 Å². The lowest BCUT2D eigenvalue weighted by Crippen LogP contribution is -1.80. The molecule has 3 heterocycles. The highest BCUT2D eigenvalue weighted by Crippen LogP contribution is 2.43. The zero-order valence-electron chi connectivity index (χ0n) is 15.4. The van der Waals surface area contributed by atoms with Gasteiger partial charge in [-0.2, -0.15) is 0 Å². The Balaban J connectivity index is 1.70. The lowest BCUT2D eigenvalue weighted by atomic mass is 9.98. The fourth-order valence-corrected chi connectivity index (χ4v) is 4.61. The maximum atomic E-state index is 6.54. The predicted octanol–water partition coefficient (Wildman–Crippen LogP) is 7.63. The number of benzene rings is 4. The molecule has 136 valence electrons. The number of hydrogen-bond donors (Lipinski definition) is 1. The minimum absolute atomic E-state index is 0.855. The van der Waals surface area contributed by atoms with Gasteiger partial charge >= 0.3 is 0 Å². The van der Waals surface area contributed by atoms with E-state index in [1.807, 2.05) is 12.1 Å². The van der Waals surface area contributed by atoms with Gasteiger partial charge < -0.3 is 13.8 Å². The first-order valence-electron chi connectivity index (χ1n) is 9.70. The van der Waals surface area contributed by atoms with E-state index >= 15 is 0 Å². The standard InChI is InChI=1S/C26H15NO2/c1-3-8-18-16(6-1)17-7-2-4-9-19(17)25-23(18)24-26(29-25)20-14-15(11-12-21(20)27-24)22-10-5-13-28-22/h1-14,27H. The third-order valence-electron chi connectivity index (χ3n) is 5.90. The summed E-state index contributed by atoms with van der Waals surface area (Å²) in [6.45, 7) is 0. The Hall–Kier alpha value is -3.98. The molecule has 0 fully saturated rings. The summed E-state index contributed by atoms with van der Waals surface area (Å²) >= 11 is 0. The van der Waals surface area contributed by atoms with Gasteiger partial charge in [-0.25, -0.2) is 0 Å². The number of rotatable bonds is 1. The molecule has 3 aromatic heterocycles. The molecule has 4 aromatic carbocycles. The summed E-state index contributed by atoms with van der Waals surface area (Å²) in [5.74, 6) is 0.855. The van der Waals surface area contributed by atoms with Crippen molar-refractivity contribution in [3.05, 3.63) is 85.1 Å². The Labute approximate surface area is 165 Å². The van der Waals surface area contributed by atoms with Gasteiger partial charge in [0.1, 0.15) is 11.3 Å². The number of nitrogens with one attached hydrogen (secondary N) is 1. The maximum absolute atomic E-state index is 6.54. The zero-order chi connectivity index (χ0) is 18.9. The fourth-order valence-electron chi connectivity index (χ4n) is 4.61. The van der Waals surface area contributed by atoms with Gasteiger partial charge in [0.2, 0.25) is 0 Å². The second kappa shape index (κ2) is 5.30. The second-order valence-electron chi connectivity index (χ2n) is 7.46. The van der Waals surface area contributed by atoms with Crippen molar-refractivity contribution < 1.29 is 8.83 Å². The van der Waals surface area contributed by atoms with Crippen molar-refractivity contribution in [2.45, 2.75) is 0 Å². The number of H-pyrrole nitrogens is 1. The molecule has 0 saturated carbocycles. The van der Waals surface area contributed by atoms with Crippen molar-refractivity contribution in [1.29, 1.82) is 0 Å². The van der Waals surface area contributed by atoms with E-state index in [-0.39, 0.29) is 0 Å². The molecule has 3 heteroatoms. The topological polar surface area (TPSA) is 42.1 Å². The zero-order valence-corrected chi connectivity index (χ0v) is 15.4. The monoisotopic (exact) mass is 373 g/mol. The largest absolute Gasteiger partial charge is 0.464 e. The van der Waals surface area contributed by atoms with Crippen molar-refractivity contribution in [2.75, 3.05) is 0 Å². The Morgan fingerprint density at radius 3 is 2.17 bits per heavy atom. The van der Waals surface area contributed by atoms with E-state index in [9.17, 15) is 0 Å². The molecule has 3 nitrogen and oxygen atoms in total. The minimum Gasteiger partial charge on any atom is -0.464 e. The summed E-state index contributed by atoms with van der Waals surface area (Å²) in [5, 5.41) is 7.02. The molecule has 0 spiro atoms. The molecule has 0 amide bonds. The van der Waals surface area contributed by atoms with Crippen LogP contribution in [0, 0.1) is 0 Å². The summed E-state index contributed by atoms with van der Waals surface area (Å²) in [4.78, 5) is 3.61. The first-order valence-corrected chi connectivity index (χ1v) is 9.70. The van der Waals surface area contributed by atoms with Gasteiger partial charge in [0.15, 0.2) is 5.58 Å². The highest BCUT2D eigenvalue weighted by Gasteiger charge is 2.19. The lowest BCUT2D eigenvalue weighted by molar-refractivity contribution is 0.582. The molecule has 0 aliphatic rings. The average molecular weight is 373 g/mol. The van der Waals surface area contributed by atoms with Crippen LogP contribution in [-0.2, 0) is 0 Å². The summed E-state index contributed by atoms with van der Waals surface area (Å²) in [5.41, 5.74) is 4.98. The Morgan fingerprint density at radius 1 is 0.621 bits per heavy atom. The highest BCUT2D eigenvalue weighted by molar-refractivity contribution is 6.31. The number of fused-ring (bicyclic) bond motifs is 10. The highest BCUT2D eigenvalue weighted by atomic mass is 16.3. The van der Waals surface area contributed by atoms with E-state index in [4.69, 9.17) is 8.83 Å². The molecule has 29 heavy (non-hydrogen) atoms. The minimum atomic E-state index is 0.855. The van der Waals surface area contributed by atoms with Gasteiger partial charge in [0, 0.05) is 21.9 Å². The maximum Gasteiger partial charge on any atom is 0.161 e. The van der Waals surface area contributed by atoms with Crippen molar-refractivity contribution in [3.8, 4) is 11.3 Å². The van der Waals surface area contributed by atoms with Crippen molar-refractivity contribution >= 4 is 54.5 Å². The third kappa shape index (κ3) is 1.91. The summed E-state index contributed by atoms with van der Waals surface area (Å²) in [6.07, 6.45) is 1.70. The fraction of sp³-hybridized carbons (Fsp3) is 0. The molecule has 0 saturated heterocycles. The third-order valence-corrected chi connectivity index (χ3v) is 5.90. The molecule has 0 aliphatic carbocycles. The first-order chi connectivity index (χ1) is 14.4. The Bertz CT molecular complexity index is 1700. The van der Waals surface area contributed by atoms with Crippen LogP contribution >= 0.6 is 0 Å². The molecule has 1 N–H and O–H groups in total. The SMILES string of the molecule is c1coc(-c2ccc3[nH]c4c(oc5c6ccccc6c6ccccc6c45)c3c2)c1. The van der Waals surface area contributed by atoms with Crippen LogP contribution in [0.2, 0.25) is 0 Å². The van der Waals surface area contributed by atoms with Crippen LogP contribution in [-0.4, -0.2) is 4.98 Å². The number of furan rings is 2. The Kier molecular flexibility index (Phi) is 2.74. The van der Waals surface area contributed by atoms with Gasteiger partial charge in [0.25, 0.3) is 0 Å². The summed E-state index contributed by atoms with van der Waals surface area (Å²) < 4.78 is 12.1. The molecule has 7 aromatic rings. The van der Waals surface area contributed by atoms with E-state index in [0.29, 0.717) is 0 Å². The van der Waals surface area contributed by atoms with Crippen LogP contribution in [0.3, 0.4) is 0 Å². The summed E-state index contributed by atoms with van der Waals surface area (Å²) in [7, 11) is 0. The number of aromatic nitrogens is 1. The van der Waals surface area contributed by atoms with Gasteiger partial charge in [-0.3, -0.25) is 0 Å². The number of hydrogen-bond acceptors (Lipinski definition) is 2. The van der Waals surface area contributed by atoms with Crippen molar-refractivity contribution in [3.63, 3.8) is 0 Å². The molecular formula is C26H15NO2. The van der Waals surface area contributed by atoms with Crippen LogP contribution in [0.4, 0.5) is 0 Å². The molecular weight excluding hydrogens is 358 g/mol. The molecule has 0 atom stereocenters. The average Bonchev–Trinajstić information content (AvgIpc) is 3.49. The van der Waals surface area contributed by atoms with E-state index in [1.54, 1.807) is 6.26 Å². The quantitative estimate of drug-likeness (QED) is 0.301. The van der Waals surface area contributed by atoms with Crippen LogP contribution < -0.4 is 0 Å². The van der Waals surface area contributed by atoms with Crippen LogP contribution in [0.5, 0.6) is 0 Å². The van der Waals surface area contributed by atoms with E-state index in [2.05, 4.69) is 71.7 Å². The molecule has 0 unspecified atom stereocenters. The predicted molar refractivity (Wildman–Crippen MR) is 118 cm³/mol. The van der Waals surface area contributed by atoms with Gasteiger partial charge in [-0.15, -0.1) is 0 Å². The molecule has 0 radical (unpaired) electrons. The van der Waals surface area contributed by atoms with Gasteiger partial charge in [0.05, 0.1) is 17.2 Å². The number of aromatic amines is 1. The van der Waals surface area contributed by atoms with E-state index in [0.717, 1.165) is 49.7 Å². The smallest absolute Gasteiger partial charge is 0.161 e.